The summed E-state index contributed by atoms with van der Waals surface area (Å²) in [5.41, 5.74) is 2.80. The molecule has 3 aromatic rings. The molecule has 30 heavy (non-hydrogen) atoms. The molecule has 1 aliphatic heterocycles. The Bertz CT molecular complexity index is 932. The summed E-state index contributed by atoms with van der Waals surface area (Å²) in [6.45, 7) is 1.38. The van der Waals surface area contributed by atoms with Crippen LogP contribution in [0.3, 0.4) is 0 Å². The van der Waals surface area contributed by atoms with Gasteiger partial charge in [0.2, 0.25) is 0 Å². The van der Waals surface area contributed by atoms with Gasteiger partial charge in [-0.25, -0.2) is 4.79 Å². The van der Waals surface area contributed by atoms with Crippen molar-refractivity contribution < 1.29 is 9.90 Å². The molecule has 0 radical (unpaired) electrons. The molecular formula is C26H24N2O2. The topological polar surface area (TPSA) is 43.8 Å². The van der Waals surface area contributed by atoms with Gasteiger partial charge in [-0.1, -0.05) is 96.9 Å². The summed E-state index contributed by atoms with van der Waals surface area (Å²) < 4.78 is 0. The molecule has 1 heterocycles. The summed E-state index contributed by atoms with van der Waals surface area (Å²) in [6, 6.07) is 30.6. The number of terminal acetylenes is 1. The van der Waals surface area contributed by atoms with Crippen molar-refractivity contribution in [3.05, 3.63) is 108 Å². The molecule has 0 saturated carbocycles. The Labute approximate surface area is 177 Å². The fourth-order valence-electron chi connectivity index (χ4n) is 4.54. The second-order valence-electron chi connectivity index (χ2n) is 7.41. The molecule has 1 fully saturated rings. The predicted octanol–water partition coefficient (Wildman–Crippen LogP) is 4.28. The summed E-state index contributed by atoms with van der Waals surface area (Å²) >= 11 is 0. The van der Waals surface area contributed by atoms with Crippen LogP contribution < -0.4 is 0 Å². The van der Waals surface area contributed by atoms with Crippen LogP contribution in [0.1, 0.15) is 16.7 Å². The largest absolute Gasteiger partial charge is 0.465 e. The molecule has 150 valence electrons. The molecule has 1 aliphatic rings. The quantitative estimate of drug-likeness (QED) is 0.529. The highest BCUT2D eigenvalue weighted by molar-refractivity contribution is 5.66. The van der Waals surface area contributed by atoms with E-state index in [9.17, 15) is 9.90 Å². The van der Waals surface area contributed by atoms with Crippen LogP contribution in [-0.4, -0.2) is 46.7 Å². The molecule has 1 atom stereocenters. The van der Waals surface area contributed by atoms with E-state index in [4.69, 9.17) is 6.42 Å². The third-order valence-electron chi connectivity index (χ3n) is 5.87. The lowest BCUT2D eigenvalue weighted by atomic mass is 9.75. The zero-order chi connectivity index (χ0) is 21.0. The predicted molar refractivity (Wildman–Crippen MR) is 118 cm³/mol. The molecule has 4 rings (SSSR count). The first-order valence-electron chi connectivity index (χ1n) is 10.0. The Hall–Kier alpha value is -3.55. The average Bonchev–Trinajstić information content (AvgIpc) is 2.81. The lowest BCUT2D eigenvalue weighted by Crippen LogP contribution is -2.60. The van der Waals surface area contributed by atoms with E-state index in [1.807, 2.05) is 54.6 Å². The molecule has 0 aliphatic carbocycles. The van der Waals surface area contributed by atoms with Gasteiger partial charge in [0.15, 0.2) is 0 Å². The van der Waals surface area contributed by atoms with Gasteiger partial charge < -0.3 is 5.11 Å². The molecule has 4 nitrogen and oxygen atoms in total. The SMILES string of the molecule is C#CC1CN(C(c2ccccc2)(c2ccccc2)c2ccccc2)CCN1C(=O)O. The molecule has 1 amide bonds. The van der Waals surface area contributed by atoms with Crippen LogP contribution >= 0.6 is 0 Å². The van der Waals surface area contributed by atoms with E-state index >= 15 is 0 Å². The molecule has 1 N–H and O–H groups in total. The smallest absolute Gasteiger partial charge is 0.408 e. The minimum absolute atomic E-state index is 0.360. The van der Waals surface area contributed by atoms with E-state index in [0.29, 0.717) is 19.6 Å². The van der Waals surface area contributed by atoms with Crippen LogP contribution in [0.5, 0.6) is 0 Å². The number of hydrogen-bond donors (Lipinski definition) is 1. The number of carboxylic acid groups (broad SMARTS) is 1. The fourth-order valence-corrected chi connectivity index (χ4v) is 4.54. The van der Waals surface area contributed by atoms with Crippen molar-refractivity contribution in [1.29, 1.82) is 0 Å². The van der Waals surface area contributed by atoms with Gasteiger partial charge in [-0.2, -0.15) is 0 Å². The maximum Gasteiger partial charge on any atom is 0.408 e. The van der Waals surface area contributed by atoms with Crippen LogP contribution in [0, 0.1) is 12.3 Å². The van der Waals surface area contributed by atoms with Gasteiger partial charge >= 0.3 is 6.09 Å². The van der Waals surface area contributed by atoms with Crippen LogP contribution in [0.25, 0.3) is 0 Å². The van der Waals surface area contributed by atoms with Gasteiger partial charge in [0, 0.05) is 19.6 Å². The Morgan fingerprint density at radius 2 is 1.27 bits per heavy atom. The van der Waals surface area contributed by atoms with E-state index in [0.717, 1.165) is 16.7 Å². The molecule has 3 aromatic carbocycles. The number of piperazine rings is 1. The first-order chi connectivity index (χ1) is 14.7. The third kappa shape index (κ3) is 3.34. The van der Waals surface area contributed by atoms with Crippen LogP contribution in [0.15, 0.2) is 91.0 Å². The van der Waals surface area contributed by atoms with Gasteiger partial charge in [0.1, 0.15) is 6.04 Å². The molecular weight excluding hydrogens is 372 g/mol. The number of hydrogen-bond acceptors (Lipinski definition) is 2. The van der Waals surface area contributed by atoms with Gasteiger partial charge in [0.25, 0.3) is 0 Å². The normalized spacial score (nSPS) is 17.3. The highest BCUT2D eigenvalue weighted by Crippen LogP contribution is 2.43. The summed E-state index contributed by atoms with van der Waals surface area (Å²) in [4.78, 5) is 15.4. The highest BCUT2D eigenvalue weighted by Gasteiger charge is 2.45. The molecule has 1 saturated heterocycles. The van der Waals surface area contributed by atoms with Crippen molar-refractivity contribution in [1.82, 2.24) is 9.80 Å². The van der Waals surface area contributed by atoms with Crippen LogP contribution in [0.4, 0.5) is 4.79 Å². The summed E-state index contributed by atoms with van der Waals surface area (Å²) in [7, 11) is 0. The number of rotatable bonds is 4. The Morgan fingerprint density at radius 3 is 1.63 bits per heavy atom. The molecule has 4 heteroatoms. The van der Waals surface area contributed by atoms with Crippen molar-refractivity contribution in [2.45, 2.75) is 11.6 Å². The van der Waals surface area contributed by atoms with E-state index in [1.165, 1.54) is 4.90 Å². The monoisotopic (exact) mass is 396 g/mol. The van der Waals surface area contributed by atoms with Gasteiger partial charge in [-0.05, 0) is 16.7 Å². The van der Waals surface area contributed by atoms with Crippen molar-refractivity contribution in [3.8, 4) is 12.3 Å². The Morgan fingerprint density at radius 1 is 0.833 bits per heavy atom. The minimum Gasteiger partial charge on any atom is -0.465 e. The highest BCUT2D eigenvalue weighted by atomic mass is 16.4. The van der Waals surface area contributed by atoms with Gasteiger partial charge in [-0.3, -0.25) is 9.80 Å². The summed E-state index contributed by atoms with van der Waals surface area (Å²) in [5.74, 6) is 2.70. The molecule has 0 bridgehead atoms. The summed E-state index contributed by atoms with van der Waals surface area (Å²) in [5, 5.41) is 9.59. The number of amides is 1. The number of nitrogens with zero attached hydrogens (tertiary/aromatic N) is 2. The summed E-state index contributed by atoms with van der Waals surface area (Å²) in [6.07, 6.45) is 4.80. The van der Waals surface area contributed by atoms with Crippen molar-refractivity contribution in [2.24, 2.45) is 0 Å². The maximum atomic E-state index is 11.7. The molecule has 0 spiro atoms. The number of benzene rings is 3. The third-order valence-corrected chi connectivity index (χ3v) is 5.87. The standard InChI is InChI=1S/C26H24N2O2/c1-2-24-20-27(18-19-28(24)25(29)30)26(21-12-6-3-7-13-21,22-14-8-4-9-15-22)23-16-10-5-11-17-23/h1,3-17,24H,18-20H2,(H,29,30). The molecule has 1 unspecified atom stereocenters. The van der Waals surface area contributed by atoms with E-state index < -0.39 is 17.7 Å². The van der Waals surface area contributed by atoms with Crippen LogP contribution in [-0.2, 0) is 5.54 Å². The van der Waals surface area contributed by atoms with Crippen molar-refractivity contribution in [3.63, 3.8) is 0 Å². The number of carbonyl (C=O) groups is 1. The van der Waals surface area contributed by atoms with Gasteiger partial charge in [0.05, 0.1) is 5.54 Å². The van der Waals surface area contributed by atoms with Gasteiger partial charge in [-0.15, -0.1) is 6.42 Å². The first kappa shape index (κ1) is 19.8. The van der Waals surface area contributed by atoms with Crippen molar-refractivity contribution >= 4 is 6.09 Å². The fraction of sp³-hybridized carbons (Fsp3) is 0.192. The first-order valence-corrected chi connectivity index (χ1v) is 10.0. The van der Waals surface area contributed by atoms with Crippen molar-refractivity contribution in [2.75, 3.05) is 19.6 Å². The lowest BCUT2D eigenvalue weighted by molar-refractivity contribution is 0.0499. The maximum absolute atomic E-state index is 11.7. The average molecular weight is 396 g/mol. The zero-order valence-electron chi connectivity index (χ0n) is 16.7. The van der Waals surface area contributed by atoms with E-state index in [1.54, 1.807) is 0 Å². The lowest BCUT2D eigenvalue weighted by Gasteiger charge is -2.50. The van der Waals surface area contributed by atoms with Crippen LogP contribution in [0.2, 0.25) is 0 Å². The zero-order valence-corrected chi connectivity index (χ0v) is 16.7. The Balaban J connectivity index is 1.94. The minimum atomic E-state index is -0.970. The Kier molecular flexibility index (Phi) is 5.56. The van der Waals surface area contributed by atoms with E-state index in [-0.39, 0.29) is 0 Å². The second-order valence-corrected chi connectivity index (χ2v) is 7.41. The molecule has 0 aromatic heterocycles. The second kappa shape index (κ2) is 8.44. The van der Waals surface area contributed by atoms with E-state index in [2.05, 4.69) is 47.2 Å².